The van der Waals surface area contributed by atoms with Crippen molar-refractivity contribution in [1.82, 2.24) is 4.90 Å². The van der Waals surface area contributed by atoms with Crippen molar-refractivity contribution in [2.45, 2.75) is 70.3 Å². The monoisotopic (exact) mass is 278 g/mol. The van der Waals surface area contributed by atoms with E-state index in [9.17, 15) is 9.59 Å². The number of likely N-dealkylation sites (tertiary alicyclic amines) is 1. The second kappa shape index (κ2) is 5.47. The van der Waals surface area contributed by atoms with Crippen LogP contribution in [0.4, 0.5) is 0 Å². The molecule has 4 nitrogen and oxygen atoms in total. The van der Waals surface area contributed by atoms with Crippen LogP contribution in [0.25, 0.3) is 0 Å². The summed E-state index contributed by atoms with van der Waals surface area (Å²) in [5.41, 5.74) is 5.91. The molecule has 2 N–H and O–H groups in total. The van der Waals surface area contributed by atoms with E-state index in [0.717, 1.165) is 25.7 Å². The molecule has 0 aromatic rings. The average molecular weight is 278 g/mol. The van der Waals surface area contributed by atoms with Crippen LogP contribution in [0.5, 0.6) is 0 Å². The van der Waals surface area contributed by atoms with Gasteiger partial charge in [0.1, 0.15) is 0 Å². The van der Waals surface area contributed by atoms with Gasteiger partial charge in [-0.2, -0.15) is 0 Å². The Morgan fingerprint density at radius 2 is 1.60 bits per heavy atom. The van der Waals surface area contributed by atoms with E-state index < -0.39 is 0 Å². The van der Waals surface area contributed by atoms with E-state index in [1.807, 2.05) is 0 Å². The van der Waals surface area contributed by atoms with Gasteiger partial charge in [-0.15, -0.1) is 0 Å². The molecule has 4 heteroatoms. The van der Waals surface area contributed by atoms with Crippen molar-refractivity contribution in [2.24, 2.45) is 17.1 Å². The summed E-state index contributed by atoms with van der Waals surface area (Å²) < 4.78 is 0. The minimum absolute atomic E-state index is 0.000505. The molecular formula is C16H26N2O2. The van der Waals surface area contributed by atoms with Gasteiger partial charge < -0.3 is 5.73 Å². The summed E-state index contributed by atoms with van der Waals surface area (Å²) in [4.78, 5) is 26.7. The van der Waals surface area contributed by atoms with Crippen LogP contribution in [-0.2, 0) is 9.59 Å². The minimum atomic E-state index is -0.0451. The van der Waals surface area contributed by atoms with E-state index in [4.69, 9.17) is 5.73 Å². The normalized spacial score (nSPS) is 28.6. The van der Waals surface area contributed by atoms with Crippen LogP contribution in [0.2, 0.25) is 0 Å². The molecule has 1 spiro atoms. The Morgan fingerprint density at radius 3 is 2.10 bits per heavy atom. The summed E-state index contributed by atoms with van der Waals surface area (Å²) in [5, 5.41) is 0. The molecule has 1 unspecified atom stereocenters. The SMILES string of the molecule is NCC(C1CCCC1)N1C(=O)CC2(CCCC2)CC1=O. The molecule has 2 saturated carbocycles. The predicted octanol–water partition coefficient (Wildman–Crippen LogP) is 2.21. The third-order valence-corrected chi connectivity index (χ3v) is 5.77. The van der Waals surface area contributed by atoms with Crippen molar-refractivity contribution in [2.75, 3.05) is 6.54 Å². The molecule has 0 aromatic heterocycles. The average Bonchev–Trinajstić information content (AvgIpc) is 3.05. The molecule has 2 amide bonds. The summed E-state index contributed by atoms with van der Waals surface area (Å²) in [6.07, 6.45) is 10.2. The van der Waals surface area contributed by atoms with Crippen molar-refractivity contribution in [3.05, 3.63) is 0 Å². The Kier molecular flexibility index (Phi) is 3.85. The predicted molar refractivity (Wildman–Crippen MR) is 76.8 cm³/mol. The van der Waals surface area contributed by atoms with Gasteiger partial charge in [-0.05, 0) is 37.0 Å². The highest BCUT2D eigenvalue weighted by atomic mass is 16.2. The summed E-state index contributed by atoms with van der Waals surface area (Å²) in [7, 11) is 0. The number of hydrogen-bond acceptors (Lipinski definition) is 3. The molecule has 1 heterocycles. The standard InChI is InChI=1S/C16H26N2O2/c17-11-13(12-5-1-2-6-12)18-14(19)9-16(10-15(18)20)7-3-4-8-16/h12-13H,1-11,17H2. The van der Waals surface area contributed by atoms with E-state index in [-0.39, 0.29) is 23.3 Å². The molecule has 0 bridgehead atoms. The molecular weight excluding hydrogens is 252 g/mol. The van der Waals surface area contributed by atoms with Gasteiger partial charge in [0.05, 0.1) is 6.04 Å². The van der Waals surface area contributed by atoms with Gasteiger partial charge in [0.2, 0.25) is 11.8 Å². The maximum atomic E-state index is 12.6. The van der Waals surface area contributed by atoms with Crippen LogP contribution >= 0.6 is 0 Å². The molecule has 1 aliphatic heterocycles. The first-order valence-electron chi connectivity index (χ1n) is 8.20. The molecule has 3 aliphatic rings. The van der Waals surface area contributed by atoms with E-state index in [1.165, 1.54) is 25.7 Å². The van der Waals surface area contributed by atoms with Crippen LogP contribution in [0.3, 0.4) is 0 Å². The number of rotatable bonds is 3. The second-order valence-electron chi connectivity index (χ2n) is 7.07. The lowest BCUT2D eigenvalue weighted by Gasteiger charge is -2.42. The fourth-order valence-electron chi connectivity index (χ4n) is 4.71. The smallest absolute Gasteiger partial charge is 0.230 e. The minimum Gasteiger partial charge on any atom is -0.328 e. The summed E-state index contributed by atoms with van der Waals surface area (Å²) in [6, 6.07) is -0.0451. The quantitative estimate of drug-likeness (QED) is 0.805. The maximum absolute atomic E-state index is 12.6. The number of carbonyl (C=O) groups excluding carboxylic acids is 2. The van der Waals surface area contributed by atoms with Gasteiger partial charge in [0, 0.05) is 19.4 Å². The van der Waals surface area contributed by atoms with Gasteiger partial charge in [-0.25, -0.2) is 0 Å². The van der Waals surface area contributed by atoms with Gasteiger partial charge in [-0.3, -0.25) is 14.5 Å². The van der Waals surface area contributed by atoms with Gasteiger partial charge in [-0.1, -0.05) is 25.7 Å². The van der Waals surface area contributed by atoms with Crippen molar-refractivity contribution in [3.8, 4) is 0 Å². The highest BCUT2D eigenvalue weighted by Crippen LogP contribution is 2.47. The van der Waals surface area contributed by atoms with E-state index in [2.05, 4.69) is 0 Å². The summed E-state index contributed by atoms with van der Waals surface area (Å²) >= 11 is 0. The van der Waals surface area contributed by atoms with Gasteiger partial charge >= 0.3 is 0 Å². The molecule has 3 rings (SSSR count). The van der Waals surface area contributed by atoms with Crippen LogP contribution in [0, 0.1) is 11.3 Å². The number of nitrogens with two attached hydrogens (primary N) is 1. The van der Waals surface area contributed by atoms with E-state index in [1.54, 1.807) is 4.90 Å². The lowest BCUT2D eigenvalue weighted by molar-refractivity contribution is -0.157. The third-order valence-electron chi connectivity index (χ3n) is 5.77. The molecule has 112 valence electrons. The van der Waals surface area contributed by atoms with Gasteiger partial charge in [0.15, 0.2) is 0 Å². The van der Waals surface area contributed by atoms with Crippen LogP contribution in [0.1, 0.15) is 64.2 Å². The Bertz CT molecular complexity index is 375. The van der Waals surface area contributed by atoms with Crippen molar-refractivity contribution in [1.29, 1.82) is 0 Å². The van der Waals surface area contributed by atoms with Gasteiger partial charge in [0.25, 0.3) is 0 Å². The Morgan fingerprint density at radius 1 is 1.05 bits per heavy atom. The first-order valence-corrected chi connectivity index (χ1v) is 8.20. The lowest BCUT2D eigenvalue weighted by Crippen LogP contribution is -2.56. The molecule has 1 atom stereocenters. The molecule has 2 aliphatic carbocycles. The number of hydrogen-bond donors (Lipinski definition) is 1. The van der Waals surface area contributed by atoms with Crippen molar-refractivity contribution < 1.29 is 9.59 Å². The number of nitrogens with zero attached hydrogens (tertiary/aromatic N) is 1. The first kappa shape index (κ1) is 14.1. The zero-order valence-electron chi connectivity index (χ0n) is 12.3. The summed E-state index contributed by atoms with van der Waals surface area (Å²) in [6.45, 7) is 0.426. The molecule has 0 radical (unpaired) electrons. The maximum Gasteiger partial charge on any atom is 0.230 e. The first-order chi connectivity index (χ1) is 9.65. The van der Waals surface area contributed by atoms with Crippen LogP contribution in [0.15, 0.2) is 0 Å². The highest BCUT2D eigenvalue weighted by molar-refractivity contribution is 5.99. The molecule has 3 fully saturated rings. The molecule has 0 aromatic carbocycles. The Labute approximate surface area is 121 Å². The fraction of sp³-hybridized carbons (Fsp3) is 0.875. The number of imide groups is 1. The van der Waals surface area contributed by atoms with E-state index in [0.29, 0.717) is 25.3 Å². The number of piperidine rings is 1. The second-order valence-corrected chi connectivity index (χ2v) is 7.07. The van der Waals surface area contributed by atoms with Crippen LogP contribution < -0.4 is 5.73 Å². The van der Waals surface area contributed by atoms with E-state index >= 15 is 0 Å². The zero-order valence-corrected chi connectivity index (χ0v) is 12.3. The van der Waals surface area contributed by atoms with Crippen molar-refractivity contribution >= 4 is 11.8 Å². The Hall–Kier alpha value is -0.900. The molecule has 20 heavy (non-hydrogen) atoms. The lowest BCUT2D eigenvalue weighted by atomic mass is 9.75. The summed E-state index contributed by atoms with van der Waals surface area (Å²) in [5.74, 6) is 0.529. The number of amides is 2. The Balaban J connectivity index is 1.76. The van der Waals surface area contributed by atoms with Crippen molar-refractivity contribution in [3.63, 3.8) is 0 Å². The van der Waals surface area contributed by atoms with Crippen LogP contribution in [-0.4, -0.2) is 29.3 Å². The topological polar surface area (TPSA) is 63.4 Å². The zero-order chi connectivity index (χ0) is 14.2. The number of carbonyl (C=O) groups is 2. The molecule has 1 saturated heterocycles. The third kappa shape index (κ3) is 2.39. The largest absolute Gasteiger partial charge is 0.328 e. The highest BCUT2D eigenvalue weighted by Gasteiger charge is 2.47. The fourth-order valence-corrected chi connectivity index (χ4v) is 4.71.